The van der Waals surface area contributed by atoms with Crippen molar-refractivity contribution in [1.29, 1.82) is 0 Å². The normalized spacial score (nSPS) is 11.1. The molecule has 0 heterocycles. The van der Waals surface area contributed by atoms with Crippen LogP contribution in [-0.4, -0.2) is 17.6 Å². The average molecular weight is 207 g/mol. The Bertz CT molecular complexity index is 320. The number of carboxylic acids is 1. The minimum absolute atomic E-state index is 0.608. The van der Waals surface area contributed by atoms with Crippen LogP contribution >= 0.6 is 0 Å². The van der Waals surface area contributed by atoms with E-state index in [9.17, 15) is 4.79 Å². The maximum Gasteiger partial charge on any atom is 0.309 e. The maximum atomic E-state index is 10.8. The summed E-state index contributed by atoms with van der Waals surface area (Å²) in [5, 5.41) is 12.1. The van der Waals surface area contributed by atoms with Gasteiger partial charge in [0, 0.05) is 12.2 Å². The van der Waals surface area contributed by atoms with Crippen LogP contribution in [0, 0.1) is 5.41 Å². The summed E-state index contributed by atoms with van der Waals surface area (Å²) in [7, 11) is 0. The molecule has 1 aromatic rings. The van der Waals surface area contributed by atoms with Crippen LogP contribution in [0.4, 0.5) is 5.69 Å². The molecule has 2 N–H and O–H groups in total. The minimum atomic E-state index is -0.752. The van der Waals surface area contributed by atoms with Crippen molar-refractivity contribution in [3.8, 4) is 0 Å². The van der Waals surface area contributed by atoms with E-state index in [4.69, 9.17) is 5.11 Å². The second-order valence-electron chi connectivity index (χ2n) is 4.23. The van der Waals surface area contributed by atoms with E-state index in [1.807, 2.05) is 30.3 Å². The first-order valence-corrected chi connectivity index (χ1v) is 5.05. The van der Waals surface area contributed by atoms with Gasteiger partial charge in [0.2, 0.25) is 0 Å². The van der Waals surface area contributed by atoms with Gasteiger partial charge in [0.05, 0.1) is 5.41 Å². The average Bonchev–Trinajstić information content (AvgIpc) is 2.19. The van der Waals surface area contributed by atoms with Crippen molar-refractivity contribution in [2.45, 2.75) is 20.3 Å². The van der Waals surface area contributed by atoms with Crippen molar-refractivity contribution in [2.24, 2.45) is 5.41 Å². The van der Waals surface area contributed by atoms with Crippen LogP contribution in [0.25, 0.3) is 0 Å². The Labute approximate surface area is 90.1 Å². The van der Waals surface area contributed by atoms with E-state index in [0.717, 1.165) is 5.69 Å². The van der Waals surface area contributed by atoms with Gasteiger partial charge in [-0.25, -0.2) is 0 Å². The van der Waals surface area contributed by atoms with Crippen molar-refractivity contribution >= 4 is 11.7 Å². The van der Waals surface area contributed by atoms with Crippen LogP contribution in [0.1, 0.15) is 20.3 Å². The summed E-state index contributed by atoms with van der Waals surface area (Å²) in [6, 6.07) is 9.78. The Balaban J connectivity index is 2.37. The van der Waals surface area contributed by atoms with Crippen molar-refractivity contribution in [3.63, 3.8) is 0 Å². The Kier molecular flexibility index (Phi) is 3.72. The standard InChI is InChI=1S/C12H17NO2/c1-12(2,11(14)15)8-9-13-10-6-4-3-5-7-10/h3-7,13H,8-9H2,1-2H3,(H,14,15). The topological polar surface area (TPSA) is 49.3 Å². The van der Waals surface area contributed by atoms with Crippen LogP contribution in [0.3, 0.4) is 0 Å². The molecule has 1 aromatic carbocycles. The molecule has 0 aromatic heterocycles. The predicted molar refractivity (Wildman–Crippen MR) is 61.0 cm³/mol. The minimum Gasteiger partial charge on any atom is -0.481 e. The van der Waals surface area contributed by atoms with Gasteiger partial charge in [-0.2, -0.15) is 0 Å². The molecule has 0 spiro atoms. The smallest absolute Gasteiger partial charge is 0.309 e. The number of carbonyl (C=O) groups is 1. The molecule has 0 bridgehead atoms. The lowest BCUT2D eigenvalue weighted by atomic mass is 9.90. The van der Waals surface area contributed by atoms with Gasteiger partial charge in [-0.15, -0.1) is 0 Å². The molecule has 0 atom stereocenters. The van der Waals surface area contributed by atoms with Crippen LogP contribution in [0.2, 0.25) is 0 Å². The fourth-order valence-electron chi connectivity index (χ4n) is 1.18. The third kappa shape index (κ3) is 3.62. The van der Waals surface area contributed by atoms with Crippen molar-refractivity contribution in [2.75, 3.05) is 11.9 Å². The molecule has 15 heavy (non-hydrogen) atoms. The van der Waals surface area contributed by atoms with E-state index in [-0.39, 0.29) is 0 Å². The summed E-state index contributed by atoms with van der Waals surface area (Å²) in [6.45, 7) is 4.15. The zero-order valence-electron chi connectivity index (χ0n) is 9.16. The number of hydrogen-bond donors (Lipinski definition) is 2. The highest BCUT2D eigenvalue weighted by Gasteiger charge is 2.26. The van der Waals surface area contributed by atoms with E-state index >= 15 is 0 Å². The Morgan fingerprint density at radius 2 is 1.93 bits per heavy atom. The van der Waals surface area contributed by atoms with Gasteiger partial charge in [0.1, 0.15) is 0 Å². The zero-order chi connectivity index (χ0) is 11.3. The number of nitrogens with one attached hydrogen (secondary N) is 1. The molecule has 82 valence electrons. The molecular formula is C12H17NO2. The number of rotatable bonds is 5. The molecule has 3 heteroatoms. The van der Waals surface area contributed by atoms with Gasteiger partial charge in [-0.1, -0.05) is 18.2 Å². The Morgan fingerprint density at radius 3 is 2.47 bits per heavy atom. The molecule has 0 radical (unpaired) electrons. The first-order chi connectivity index (χ1) is 7.02. The molecule has 1 rings (SSSR count). The quantitative estimate of drug-likeness (QED) is 0.780. The molecule has 0 aliphatic carbocycles. The maximum absolute atomic E-state index is 10.8. The summed E-state index contributed by atoms with van der Waals surface area (Å²) in [4.78, 5) is 10.8. The second-order valence-corrected chi connectivity index (χ2v) is 4.23. The third-order valence-electron chi connectivity index (χ3n) is 2.43. The fourth-order valence-corrected chi connectivity index (χ4v) is 1.18. The van der Waals surface area contributed by atoms with E-state index < -0.39 is 11.4 Å². The van der Waals surface area contributed by atoms with Gasteiger partial charge >= 0.3 is 5.97 Å². The number of anilines is 1. The first kappa shape index (κ1) is 11.6. The number of hydrogen-bond acceptors (Lipinski definition) is 2. The van der Waals surface area contributed by atoms with Crippen molar-refractivity contribution < 1.29 is 9.90 Å². The Hall–Kier alpha value is -1.51. The third-order valence-corrected chi connectivity index (χ3v) is 2.43. The van der Waals surface area contributed by atoms with Crippen LogP contribution in [0.15, 0.2) is 30.3 Å². The molecule has 0 unspecified atom stereocenters. The lowest BCUT2D eigenvalue weighted by molar-refractivity contribution is -0.147. The summed E-state index contributed by atoms with van der Waals surface area (Å²) in [5.74, 6) is -0.752. The molecule has 3 nitrogen and oxygen atoms in total. The van der Waals surface area contributed by atoms with Gasteiger partial charge in [0.25, 0.3) is 0 Å². The molecular weight excluding hydrogens is 190 g/mol. The molecule has 0 aliphatic rings. The monoisotopic (exact) mass is 207 g/mol. The van der Waals surface area contributed by atoms with Crippen LogP contribution in [-0.2, 0) is 4.79 Å². The molecule has 0 saturated heterocycles. The van der Waals surface area contributed by atoms with Crippen LogP contribution < -0.4 is 5.32 Å². The van der Waals surface area contributed by atoms with Crippen molar-refractivity contribution in [3.05, 3.63) is 30.3 Å². The molecule has 0 amide bonds. The Morgan fingerprint density at radius 1 is 1.33 bits per heavy atom. The molecule has 0 saturated carbocycles. The largest absolute Gasteiger partial charge is 0.481 e. The SMILES string of the molecule is CC(C)(CCNc1ccccc1)C(=O)O. The van der Waals surface area contributed by atoms with E-state index in [1.165, 1.54) is 0 Å². The fraction of sp³-hybridized carbons (Fsp3) is 0.417. The number of aliphatic carboxylic acids is 1. The highest BCUT2D eigenvalue weighted by atomic mass is 16.4. The van der Waals surface area contributed by atoms with E-state index in [2.05, 4.69) is 5.32 Å². The molecule has 0 fully saturated rings. The van der Waals surface area contributed by atoms with Gasteiger partial charge in [-0.05, 0) is 32.4 Å². The second kappa shape index (κ2) is 4.82. The molecule has 0 aliphatic heterocycles. The van der Waals surface area contributed by atoms with Gasteiger partial charge < -0.3 is 10.4 Å². The lowest BCUT2D eigenvalue weighted by Gasteiger charge is -2.19. The number of benzene rings is 1. The zero-order valence-corrected chi connectivity index (χ0v) is 9.16. The summed E-state index contributed by atoms with van der Waals surface area (Å²) < 4.78 is 0. The summed E-state index contributed by atoms with van der Waals surface area (Å²) in [5.41, 5.74) is 0.362. The van der Waals surface area contributed by atoms with Gasteiger partial charge in [-0.3, -0.25) is 4.79 Å². The van der Waals surface area contributed by atoms with Gasteiger partial charge in [0.15, 0.2) is 0 Å². The predicted octanol–water partition coefficient (Wildman–Crippen LogP) is 2.60. The van der Waals surface area contributed by atoms with E-state index in [1.54, 1.807) is 13.8 Å². The lowest BCUT2D eigenvalue weighted by Crippen LogP contribution is -2.26. The first-order valence-electron chi connectivity index (χ1n) is 5.05. The van der Waals surface area contributed by atoms with Crippen molar-refractivity contribution in [1.82, 2.24) is 0 Å². The number of para-hydroxylation sites is 1. The summed E-state index contributed by atoms with van der Waals surface area (Å²) >= 11 is 0. The highest BCUT2D eigenvalue weighted by molar-refractivity contribution is 5.73. The van der Waals surface area contributed by atoms with E-state index in [0.29, 0.717) is 13.0 Å². The highest BCUT2D eigenvalue weighted by Crippen LogP contribution is 2.20. The summed E-state index contributed by atoms with van der Waals surface area (Å²) in [6.07, 6.45) is 0.608. The van der Waals surface area contributed by atoms with Crippen LogP contribution in [0.5, 0.6) is 0 Å². The number of carboxylic acid groups (broad SMARTS) is 1.